The molecular weight excluding hydrogens is 282 g/mol. The standard InChI is InChI=1S/C17H23NO4/c1-16(2,3)22-15(21)18-10-17(4,5)12-9-7-6-8-11(12)13(18)14(19)20/h6-9,13H,10H2,1-5H3,(H,19,20). The largest absolute Gasteiger partial charge is 0.479 e. The van der Waals surface area contributed by atoms with Gasteiger partial charge in [-0.05, 0) is 31.9 Å². The van der Waals surface area contributed by atoms with Crippen LogP contribution in [-0.2, 0) is 14.9 Å². The van der Waals surface area contributed by atoms with Gasteiger partial charge >= 0.3 is 12.1 Å². The Hall–Kier alpha value is -2.04. The van der Waals surface area contributed by atoms with Crippen molar-refractivity contribution in [3.05, 3.63) is 35.4 Å². The minimum absolute atomic E-state index is 0.301. The van der Waals surface area contributed by atoms with Crippen LogP contribution in [0, 0.1) is 0 Å². The lowest BCUT2D eigenvalue weighted by molar-refractivity contribution is -0.144. The molecule has 2 rings (SSSR count). The maximum Gasteiger partial charge on any atom is 0.411 e. The fourth-order valence-electron chi connectivity index (χ4n) is 2.88. The zero-order chi connectivity index (χ0) is 16.7. The van der Waals surface area contributed by atoms with Gasteiger partial charge in [0.25, 0.3) is 0 Å². The number of amides is 1. The van der Waals surface area contributed by atoms with Gasteiger partial charge in [0, 0.05) is 12.0 Å². The van der Waals surface area contributed by atoms with Gasteiger partial charge in [-0.1, -0.05) is 38.1 Å². The van der Waals surface area contributed by atoms with Crippen molar-refractivity contribution in [2.45, 2.75) is 51.7 Å². The third kappa shape index (κ3) is 3.08. The van der Waals surface area contributed by atoms with Gasteiger partial charge in [0.1, 0.15) is 5.60 Å². The molecule has 1 heterocycles. The second kappa shape index (κ2) is 5.30. The Morgan fingerprint density at radius 1 is 1.27 bits per heavy atom. The molecule has 22 heavy (non-hydrogen) atoms. The van der Waals surface area contributed by atoms with Crippen LogP contribution >= 0.6 is 0 Å². The van der Waals surface area contributed by atoms with Gasteiger partial charge in [0.2, 0.25) is 0 Å². The number of fused-ring (bicyclic) bond motifs is 1. The maximum atomic E-state index is 12.5. The Kier molecular flexibility index (Phi) is 3.94. The average molecular weight is 305 g/mol. The Balaban J connectivity index is 2.48. The predicted molar refractivity (Wildman–Crippen MR) is 82.8 cm³/mol. The molecule has 1 aliphatic heterocycles. The van der Waals surface area contributed by atoms with Crippen molar-refractivity contribution in [1.29, 1.82) is 0 Å². The summed E-state index contributed by atoms with van der Waals surface area (Å²) in [6.07, 6.45) is -0.595. The van der Waals surface area contributed by atoms with Crippen molar-refractivity contribution in [1.82, 2.24) is 4.90 Å². The van der Waals surface area contributed by atoms with Crippen molar-refractivity contribution in [3.63, 3.8) is 0 Å². The van der Waals surface area contributed by atoms with Gasteiger partial charge in [0.15, 0.2) is 6.04 Å². The van der Waals surface area contributed by atoms with E-state index in [4.69, 9.17) is 4.74 Å². The number of carboxylic acids is 1. The maximum absolute atomic E-state index is 12.5. The molecule has 1 N–H and O–H groups in total. The van der Waals surface area contributed by atoms with Crippen molar-refractivity contribution in [2.24, 2.45) is 0 Å². The van der Waals surface area contributed by atoms with Gasteiger partial charge in [-0.25, -0.2) is 9.59 Å². The lowest BCUT2D eigenvalue weighted by Crippen LogP contribution is -2.51. The van der Waals surface area contributed by atoms with Crippen LogP contribution in [-0.4, -0.2) is 34.2 Å². The van der Waals surface area contributed by atoms with E-state index >= 15 is 0 Å². The Morgan fingerprint density at radius 2 is 1.86 bits per heavy atom. The Labute approximate surface area is 130 Å². The molecule has 1 amide bonds. The zero-order valence-electron chi connectivity index (χ0n) is 13.7. The minimum atomic E-state index is -1.05. The topological polar surface area (TPSA) is 66.8 Å². The molecule has 0 radical (unpaired) electrons. The molecule has 0 aliphatic carbocycles. The van der Waals surface area contributed by atoms with Gasteiger partial charge in [-0.15, -0.1) is 0 Å². The van der Waals surface area contributed by atoms with Gasteiger partial charge in [0.05, 0.1) is 0 Å². The number of nitrogens with zero attached hydrogens (tertiary/aromatic N) is 1. The molecule has 0 aromatic heterocycles. The fourth-order valence-corrected chi connectivity index (χ4v) is 2.88. The lowest BCUT2D eigenvalue weighted by atomic mass is 9.76. The molecule has 5 heteroatoms. The molecule has 0 saturated carbocycles. The quantitative estimate of drug-likeness (QED) is 0.864. The molecule has 5 nitrogen and oxygen atoms in total. The SMILES string of the molecule is CC(C)(C)OC(=O)N1CC(C)(C)c2ccccc2C1C(=O)O. The van der Waals surface area contributed by atoms with Crippen LogP contribution in [0.1, 0.15) is 51.8 Å². The van der Waals surface area contributed by atoms with E-state index in [0.717, 1.165) is 5.56 Å². The predicted octanol–water partition coefficient (Wildman–Crippen LogP) is 3.34. The normalized spacial score (nSPS) is 20.2. The third-order valence-corrected chi connectivity index (χ3v) is 3.72. The molecule has 0 spiro atoms. The number of carboxylic acid groups (broad SMARTS) is 1. The van der Waals surface area contributed by atoms with Gasteiger partial charge in [-0.2, -0.15) is 0 Å². The first-order valence-electron chi connectivity index (χ1n) is 7.35. The highest BCUT2D eigenvalue weighted by molar-refractivity contribution is 5.83. The molecule has 0 saturated heterocycles. The van der Waals surface area contributed by atoms with Crippen LogP contribution in [0.15, 0.2) is 24.3 Å². The van der Waals surface area contributed by atoms with E-state index < -0.39 is 23.7 Å². The lowest BCUT2D eigenvalue weighted by Gasteiger charge is -2.43. The first-order chi connectivity index (χ1) is 10.0. The summed E-state index contributed by atoms with van der Waals surface area (Å²) in [5, 5.41) is 9.62. The molecule has 0 bridgehead atoms. The summed E-state index contributed by atoms with van der Waals surface area (Å²) >= 11 is 0. The summed E-state index contributed by atoms with van der Waals surface area (Å²) in [5.41, 5.74) is 0.611. The zero-order valence-corrected chi connectivity index (χ0v) is 13.7. The van der Waals surface area contributed by atoms with Gasteiger partial charge < -0.3 is 9.84 Å². The Morgan fingerprint density at radius 3 is 2.41 bits per heavy atom. The van der Waals surface area contributed by atoms with Crippen molar-refractivity contribution in [3.8, 4) is 0 Å². The number of aliphatic carboxylic acids is 1. The first kappa shape index (κ1) is 16.3. The van der Waals surface area contributed by atoms with E-state index in [2.05, 4.69) is 0 Å². The molecule has 120 valence electrons. The number of carbonyl (C=O) groups is 2. The molecule has 1 aromatic carbocycles. The summed E-state index contributed by atoms with van der Waals surface area (Å²) in [4.78, 5) is 25.5. The monoisotopic (exact) mass is 305 g/mol. The second-order valence-electron chi connectivity index (χ2n) is 7.32. The highest BCUT2D eigenvalue weighted by atomic mass is 16.6. The van der Waals surface area contributed by atoms with Crippen LogP contribution < -0.4 is 0 Å². The number of ether oxygens (including phenoxy) is 1. The minimum Gasteiger partial charge on any atom is -0.479 e. The van der Waals surface area contributed by atoms with E-state index in [1.54, 1.807) is 32.9 Å². The first-order valence-corrected chi connectivity index (χ1v) is 7.35. The van der Waals surface area contributed by atoms with E-state index in [1.165, 1.54) is 4.90 Å². The Bertz CT molecular complexity index is 601. The summed E-state index contributed by atoms with van der Waals surface area (Å²) < 4.78 is 5.39. The van der Waals surface area contributed by atoms with E-state index in [0.29, 0.717) is 12.1 Å². The highest BCUT2D eigenvalue weighted by Gasteiger charge is 2.44. The van der Waals surface area contributed by atoms with Crippen LogP contribution in [0.25, 0.3) is 0 Å². The van der Waals surface area contributed by atoms with E-state index in [9.17, 15) is 14.7 Å². The van der Waals surface area contributed by atoms with Crippen LogP contribution in [0.3, 0.4) is 0 Å². The number of benzene rings is 1. The van der Waals surface area contributed by atoms with Crippen LogP contribution in [0.2, 0.25) is 0 Å². The second-order valence-corrected chi connectivity index (χ2v) is 7.32. The van der Waals surface area contributed by atoms with Crippen molar-refractivity contribution in [2.75, 3.05) is 6.54 Å². The molecule has 1 aliphatic rings. The van der Waals surface area contributed by atoms with Gasteiger partial charge in [-0.3, -0.25) is 4.90 Å². The number of rotatable bonds is 1. The number of hydrogen-bond acceptors (Lipinski definition) is 3. The third-order valence-electron chi connectivity index (χ3n) is 3.72. The molecule has 1 aromatic rings. The summed E-state index contributed by atoms with van der Waals surface area (Å²) in [6.45, 7) is 9.61. The van der Waals surface area contributed by atoms with E-state index in [-0.39, 0.29) is 5.41 Å². The molecular formula is C17H23NO4. The summed E-state index contributed by atoms with van der Waals surface area (Å²) in [6, 6.07) is 6.37. The van der Waals surface area contributed by atoms with Crippen molar-refractivity contribution < 1.29 is 19.4 Å². The summed E-state index contributed by atoms with van der Waals surface area (Å²) in [5.74, 6) is -1.05. The smallest absolute Gasteiger partial charge is 0.411 e. The highest BCUT2D eigenvalue weighted by Crippen LogP contribution is 2.40. The average Bonchev–Trinajstić information content (AvgIpc) is 2.35. The number of hydrogen-bond donors (Lipinski definition) is 1. The van der Waals surface area contributed by atoms with Crippen LogP contribution in [0.5, 0.6) is 0 Å². The van der Waals surface area contributed by atoms with E-state index in [1.807, 2.05) is 26.0 Å². The van der Waals surface area contributed by atoms with Crippen LogP contribution in [0.4, 0.5) is 4.79 Å². The number of carbonyl (C=O) groups excluding carboxylic acids is 1. The molecule has 1 atom stereocenters. The fraction of sp³-hybridized carbons (Fsp3) is 0.529. The molecule has 0 fully saturated rings. The summed E-state index contributed by atoms with van der Waals surface area (Å²) in [7, 11) is 0. The van der Waals surface area contributed by atoms with Crippen molar-refractivity contribution >= 4 is 12.1 Å². The molecule has 1 unspecified atom stereocenters.